The Labute approximate surface area is 440 Å². The van der Waals surface area contributed by atoms with Crippen LogP contribution >= 0.6 is 0 Å². The molecule has 2 heterocycles. The van der Waals surface area contributed by atoms with Crippen LogP contribution in [0, 0.1) is 0 Å². The molecule has 354 valence electrons. The van der Waals surface area contributed by atoms with Crippen molar-refractivity contribution in [2.75, 3.05) is 4.90 Å². The fourth-order valence-electron chi connectivity index (χ4n) is 13.2. The molecule has 3 nitrogen and oxygen atoms in total. The minimum Gasteiger partial charge on any atom is -0.455 e. The molecule has 0 amide bonds. The second kappa shape index (κ2) is 16.5. The summed E-state index contributed by atoms with van der Waals surface area (Å²) in [6.45, 7) is 0. The second-order valence-electron chi connectivity index (χ2n) is 20.3. The summed E-state index contributed by atoms with van der Waals surface area (Å²) in [5, 5.41) is 4.66. The van der Waals surface area contributed by atoms with Gasteiger partial charge in [0.1, 0.15) is 11.2 Å². The van der Waals surface area contributed by atoms with Gasteiger partial charge in [-0.25, -0.2) is 0 Å². The highest BCUT2D eigenvalue weighted by molar-refractivity contribution is 6.19. The minimum atomic E-state index is -0.449. The zero-order valence-electron chi connectivity index (χ0n) is 41.4. The average molecular weight is 967 g/mol. The van der Waals surface area contributed by atoms with Crippen LogP contribution < -0.4 is 4.90 Å². The maximum Gasteiger partial charge on any atom is 0.143 e. The van der Waals surface area contributed by atoms with Crippen LogP contribution in [0.5, 0.6) is 0 Å². The van der Waals surface area contributed by atoms with Crippen molar-refractivity contribution >= 4 is 60.8 Å². The summed E-state index contributed by atoms with van der Waals surface area (Å²) in [6, 6.07) is 102. The quantitative estimate of drug-likeness (QED) is 0.159. The van der Waals surface area contributed by atoms with E-state index in [-0.39, 0.29) is 0 Å². The average Bonchev–Trinajstić information content (AvgIpc) is 4.23. The van der Waals surface area contributed by atoms with Crippen molar-refractivity contribution in [2.45, 2.75) is 5.41 Å². The van der Waals surface area contributed by atoms with Crippen LogP contribution in [0.15, 0.2) is 283 Å². The van der Waals surface area contributed by atoms with Crippen molar-refractivity contribution in [3.63, 3.8) is 0 Å². The molecule has 0 fully saturated rings. The molecule has 3 heteroatoms. The van der Waals surface area contributed by atoms with E-state index < -0.39 is 5.41 Å². The minimum absolute atomic E-state index is 0.449. The second-order valence-corrected chi connectivity index (χ2v) is 20.3. The summed E-state index contributed by atoms with van der Waals surface area (Å²) in [5.41, 5.74) is 25.1. The fourth-order valence-corrected chi connectivity index (χ4v) is 13.2. The molecule has 76 heavy (non-hydrogen) atoms. The third-order valence-corrected chi connectivity index (χ3v) is 16.4. The molecular formula is C73H46N2O. The van der Waals surface area contributed by atoms with Gasteiger partial charge in [0.25, 0.3) is 0 Å². The maximum atomic E-state index is 7.25. The molecule has 2 aromatic heterocycles. The molecule has 0 aliphatic heterocycles. The molecule has 0 atom stereocenters. The van der Waals surface area contributed by atoms with Crippen LogP contribution in [0.2, 0.25) is 0 Å². The molecule has 12 aromatic carbocycles. The van der Waals surface area contributed by atoms with Gasteiger partial charge in [-0.3, -0.25) is 0 Å². The number of aromatic nitrogens is 1. The van der Waals surface area contributed by atoms with Gasteiger partial charge in [-0.05, 0) is 145 Å². The smallest absolute Gasteiger partial charge is 0.143 e. The van der Waals surface area contributed by atoms with E-state index in [9.17, 15) is 0 Å². The van der Waals surface area contributed by atoms with Crippen LogP contribution in [0.3, 0.4) is 0 Å². The molecule has 2 aliphatic carbocycles. The Hall–Kier alpha value is -9.96. The van der Waals surface area contributed by atoms with E-state index >= 15 is 0 Å². The molecule has 0 saturated carbocycles. The lowest BCUT2D eigenvalue weighted by Gasteiger charge is -2.30. The number of para-hydroxylation sites is 3. The predicted octanol–water partition coefficient (Wildman–Crippen LogP) is 19.5. The lowest BCUT2D eigenvalue weighted by atomic mass is 9.70. The molecule has 0 unspecified atom stereocenters. The first-order valence-electron chi connectivity index (χ1n) is 26.2. The summed E-state index contributed by atoms with van der Waals surface area (Å²) in [5.74, 6) is 0. The van der Waals surface area contributed by atoms with Crippen LogP contribution in [0.4, 0.5) is 17.1 Å². The molecule has 0 N–H and O–H groups in total. The summed E-state index contributed by atoms with van der Waals surface area (Å²) >= 11 is 0. The number of rotatable bonds is 7. The van der Waals surface area contributed by atoms with Crippen LogP contribution in [0.25, 0.3) is 105 Å². The van der Waals surface area contributed by atoms with E-state index in [0.717, 1.165) is 72.5 Å². The van der Waals surface area contributed by atoms with Crippen molar-refractivity contribution < 1.29 is 4.42 Å². The zero-order valence-corrected chi connectivity index (χ0v) is 41.4. The normalized spacial score (nSPS) is 12.8. The number of furan rings is 1. The first-order chi connectivity index (χ1) is 37.7. The van der Waals surface area contributed by atoms with Gasteiger partial charge in [0.15, 0.2) is 0 Å². The fraction of sp³-hybridized carbons (Fsp3) is 0.0137. The SMILES string of the molecule is c1ccc(-c2ccc(N(c3cc(-c4ccccc4)cc(-c4cccc5c4oc4ccc6c(c45)-c4ccccc4C64c5ccccc5-c5ccccc54)c3)c3ccc4c(c3)c3ccccc3n4-c3ccccc3)cc2)cc1. The summed E-state index contributed by atoms with van der Waals surface area (Å²) < 4.78 is 9.63. The molecular weight excluding hydrogens is 921 g/mol. The monoisotopic (exact) mass is 966 g/mol. The van der Waals surface area contributed by atoms with Crippen LogP contribution in [-0.2, 0) is 5.41 Å². The van der Waals surface area contributed by atoms with Gasteiger partial charge in [0, 0.05) is 49.9 Å². The van der Waals surface area contributed by atoms with Crippen LogP contribution in [-0.4, -0.2) is 4.57 Å². The standard InChI is InChI=1S/C73H46N2O/c1-4-19-47(20-5-1)49-35-37-53(38-36-49)74(54-39-41-68-62(46-54)59-27-13-17-34-67(59)75(68)52-23-8-3-9-24-52)55-44-50(48-21-6-2-7-22-48)43-51(45-55)56-29-18-30-61-71-69(76-72(56)61)42-40-66-70(71)60-28-12-16-33-65(60)73(66)63-31-14-10-25-57(63)58-26-11-15-32-64(58)73/h1-46H. The van der Waals surface area contributed by atoms with E-state index in [0.29, 0.717) is 0 Å². The van der Waals surface area contributed by atoms with Crippen LogP contribution in [0.1, 0.15) is 22.3 Å². The Bertz CT molecular complexity index is 4580. The third kappa shape index (κ3) is 6.11. The maximum absolute atomic E-state index is 7.25. The number of anilines is 3. The first kappa shape index (κ1) is 42.5. The van der Waals surface area contributed by atoms with Crippen molar-refractivity contribution in [3.05, 3.63) is 301 Å². The number of nitrogens with zero attached hydrogens (tertiary/aromatic N) is 2. The van der Waals surface area contributed by atoms with Gasteiger partial charge in [0.2, 0.25) is 0 Å². The van der Waals surface area contributed by atoms with Gasteiger partial charge < -0.3 is 13.9 Å². The van der Waals surface area contributed by atoms with E-state index in [1.807, 2.05) is 0 Å². The van der Waals surface area contributed by atoms with Gasteiger partial charge in [-0.2, -0.15) is 0 Å². The number of benzene rings is 12. The van der Waals surface area contributed by atoms with E-state index in [4.69, 9.17) is 4.42 Å². The topological polar surface area (TPSA) is 21.3 Å². The Morgan fingerprint density at radius 2 is 0.855 bits per heavy atom. The Kier molecular flexibility index (Phi) is 9.25. The molecule has 2 aliphatic rings. The number of hydrogen-bond acceptors (Lipinski definition) is 2. The largest absolute Gasteiger partial charge is 0.455 e. The highest BCUT2D eigenvalue weighted by atomic mass is 16.3. The van der Waals surface area contributed by atoms with Gasteiger partial charge in [-0.1, -0.05) is 206 Å². The van der Waals surface area contributed by atoms with E-state index in [1.165, 1.54) is 71.9 Å². The lowest BCUT2D eigenvalue weighted by Crippen LogP contribution is -2.25. The molecule has 0 radical (unpaired) electrons. The van der Waals surface area contributed by atoms with Gasteiger partial charge >= 0.3 is 0 Å². The van der Waals surface area contributed by atoms with E-state index in [1.54, 1.807) is 0 Å². The zero-order chi connectivity index (χ0) is 49.9. The van der Waals surface area contributed by atoms with Crippen molar-refractivity contribution in [3.8, 4) is 61.3 Å². The molecule has 0 saturated heterocycles. The summed E-state index contributed by atoms with van der Waals surface area (Å²) in [4.78, 5) is 2.43. The van der Waals surface area contributed by atoms with Crippen molar-refractivity contribution in [1.82, 2.24) is 4.57 Å². The molecule has 0 bridgehead atoms. The van der Waals surface area contributed by atoms with Gasteiger partial charge in [-0.15, -0.1) is 0 Å². The highest BCUT2D eigenvalue weighted by Gasteiger charge is 2.52. The van der Waals surface area contributed by atoms with Gasteiger partial charge in [0.05, 0.1) is 16.4 Å². The molecule has 16 rings (SSSR count). The Balaban J connectivity index is 0.929. The third-order valence-electron chi connectivity index (χ3n) is 16.4. The number of hydrogen-bond donors (Lipinski definition) is 0. The van der Waals surface area contributed by atoms with Crippen molar-refractivity contribution in [2.24, 2.45) is 0 Å². The van der Waals surface area contributed by atoms with Crippen molar-refractivity contribution in [1.29, 1.82) is 0 Å². The number of fused-ring (bicyclic) bond motifs is 17. The molecule has 1 spiro atoms. The lowest BCUT2D eigenvalue weighted by molar-refractivity contribution is 0.669. The Morgan fingerprint density at radius 3 is 1.58 bits per heavy atom. The summed E-state index contributed by atoms with van der Waals surface area (Å²) in [6.07, 6.45) is 0. The molecule has 14 aromatic rings. The highest BCUT2D eigenvalue weighted by Crippen LogP contribution is 2.64. The first-order valence-corrected chi connectivity index (χ1v) is 26.2. The predicted molar refractivity (Wildman–Crippen MR) is 315 cm³/mol. The summed E-state index contributed by atoms with van der Waals surface area (Å²) in [7, 11) is 0. The van der Waals surface area contributed by atoms with E-state index in [2.05, 4.69) is 289 Å². The Morgan fingerprint density at radius 1 is 0.316 bits per heavy atom.